The number of methoxy groups -OCH3 is 2. The quantitative estimate of drug-likeness (QED) is 0.530. The Morgan fingerprint density at radius 1 is 1.14 bits per heavy atom. The molecule has 1 atom stereocenters. The van der Waals surface area contributed by atoms with Crippen LogP contribution in [0.5, 0.6) is 11.5 Å². The van der Waals surface area contributed by atoms with Gasteiger partial charge in [0.05, 0.1) is 25.1 Å². The Morgan fingerprint density at radius 3 is 2.46 bits per heavy atom. The molecule has 0 bridgehead atoms. The van der Waals surface area contributed by atoms with Crippen LogP contribution in [0.3, 0.4) is 0 Å². The number of nitrogens with zero attached hydrogens (tertiary/aromatic N) is 1. The van der Waals surface area contributed by atoms with Gasteiger partial charge in [-0.1, -0.05) is 66.4 Å². The number of carboxylic acid groups (broad SMARTS) is 1. The first-order valence-corrected chi connectivity index (χ1v) is 9.44. The Balaban J connectivity index is 2.00. The van der Waals surface area contributed by atoms with Crippen LogP contribution in [0.15, 0.2) is 53.4 Å². The first-order chi connectivity index (χ1) is 13.5. The number of carboxylic acids is 1. The van der Waals surface area contributed by atoms with Crippen LogP contribution in [0.2, 0.25) is 0 Å². The number of para-hydroxylation sites is 1. The van der Waals surface area contributed by atoms with Crippen LogP contribution >= 0.6 is 24.0 Å². The molecule has 0 unspecified atom stereocenters. The van der Waals surface area contributed by atoms with E-state index < -0.39 is 17.9 Å². The highest BCUT2D eigenvalue weighted by Gasteiger charge is 2.38. The van der Waals surface area contributed by atoms with E-state index in [1.165, 1.54) is 14.2 Å². The van der Waals surface area contributed by atoms with E-state index in [9.17, 15) is 14.7 Å². The summed E-state index contributed by atoms with van der Waals surface area (Å²) in [7, 11) is 3.02. The van der Waals surface area contributed by atoms with Crippen LogP contribution < -0.4 is 14.6 Å². The van der Waals surface area contributed by atoms with Crippen molar-refractivity contribution in [3.8, 4) is 11.5 Å². The summed E-state index contributed by atoms with van der Waals surface area (Å²) in [6, 6.07) is 12.4. The summed E-state index contributed by atoms with van der Waals surface area (Å²) in [6.07, 6.45) is 1.61. The number of hydrogen-bond donors (Lipinski definition) is 0. The molecule has 1 heterocycles. The zero-order valence-electron chi connectivity index (χ0n) is 15.1. The number of benzene rings is 2. The number of thioether (sulfide) groups is 1. The molecule has 2 aromatic rings. The molecule has 0 saturated carbocycles. The zero-order chi connectivity index (χ0) is 20.3. The van der Waals surface area contributed by atoms with Crippen LogP contribution in [0, 0.1) is 0 Å². The first-order valence-electron chi connectivity index (χ1n) is 8.21. The molecule has 0 aromatic heterocycles. The standard InChI is InChI=1S/C20H17NO5S2/c1-25-14-10-6-9-13(17(14)26-2)11-15-18(22)21(20(27)28-15)16(19(23)24)12-7-4-3-5-8-12/h3-11,16H,1-2H3,(H,23,24)/p-1/b15-11+/t16-/m0/s1. The Hall–Kier alpha value is -2.84. The Labute approximate surface area is 171 Å². The minimum Gasteiger partial charge on any atom is -0.547 e. The van der Waals surface area contributed by atoms with Gasteiger partial charge >= 0.3 is 0 Å². The number of ether oxygens (including phenoxy) is 2. The van der Waals surface area contributed by atoms with Gasteiger partial charge in [0.25, 0.3) is 5.91 Å². The van der Waals surface area contributed by atoms with Gasteiger partial charge in [0, 0.05) is 5.56 Å². The van der Waals surface area contributed by atoms with Crippen molar-refractivity contribution in [3.05, 3.63) is 64.6 Å². The molecule has 6 nitrogen and oxygen atoms in total. The van der Waals surface area contributed by atoms with Crippen molar-refractivity contribution < 1.29 is 24.2 Å². The third-order valence-electron chi connectivity index (χ3n) is 4.14. The number of hydrogen-bond acceptors (Lipinski definition) is 7. The minimum absolute atomic E-state index is 0.149. The van der Waals surface area contributed by atoms with Gasteiger partial charge in [0.2, 0.25) is 0 Å². The van der Waals surface area contributed by atoms with Gasteiger partial charge in [-0.3, -0.25) is 9.69 Å². The molecule has 1 amide bonds. The van der Waals surface area contributed by atoms with Crippen LogP contribution in [0.4, 0.5) is 0 Å². The highest BCUT2D eigenvalue weighted by Crippen LogP contribution is 2.40. The van der Waals surface area contributed by atoms with Gasteiger partial charge in [-0.25, -0.2) is 0 Å². The number of amides is 1. The topological polar surface area (TPSA) is 78.9 Å². The van der Waals surface area contributed by atoms with Crippen molar-refractivity contribution >= 4 is 46.3 Å². The average Bonchev–Trinajstić information content (AvgIpc) is 2.96. The van der Waals surface area contributed by atoms with E-state index in [1.807, 2.05) is 0 Å². The fourth-order valence-electron chi connectivity index (χ4n) is 2.90. The fraction of sp³-hybridized carbons (Fsp3) is 0.150. The van der Waals surface area contributed by atoms with Crippen molar-refractivity contribution in [1.29, 1.82) is 0 Å². The molecule has 0 radical (unpaired) electrons. The largest absolute Gasteiger partial charge is 0.547 e. The van der Waals surface area contributed by atoms with E-state index in [0.717, 1.165) is 16.7 Å². The van der Waals surface area contributed by atoms with Crippen LogP contribution in [-0.4, -0.2) is 35.3 Å². The third kappa shape index (κ3) is 3.74. The maximum Gasteiger partial charge on any atom is 0.267 e. The summed E-state index contributed by atoms with van der Waals surface area (Å²) in [6.45, 7) is 0. The van der Waals surface area contributed by atoms with Gasteiger partial charge in [-0.2, -0.15) is 0 Å². The lowest BCUT2D eigenvalue weighted by atomic mass is 10.1. The van der Waals surface area contributed by atoms with Gasteiger partial charge < -0.3 is 19.4 Å². The molecule has 2 aromatic carbocycles. The Kier molecular flexibility index (Phi) is 6.01. The van der Waals surface area contributed by atoms with E-state index >= 15 is 0 Å². The maximum atomic E-state index is 13.0. The lowest BCUT2D eigenvalue weighted by Gasteiger charge is -2.27. The average molecular weight is 414 g/mol. The molecule has 28 heavy (non-hydrogen) atoms. The van der Waals surface area contributed by atoms with Crippen LogP contribution in [0.1, 0.15) is 17.2 Å². The molecule has 8 heteroatoms. The highest BCUT2D eigenvalue weighted by atomic mass is 32.2. The summed E-state index contributed by atoms with van der Waals surface area (Å²) < 4.78 is 10.8. The van der Waals surface area contributed by atoms with E-state index in [1.54, 1.807) is 54.6 Å². The van der Waals surface area contributed by atoms with Gasteiger partial charge in [-0.15, -0.1) is 0 Å². The molecule has 0 spiro atoms. The zero-order valence-corrected chi connectivity index (χ0v) is 16.7. The summed E-state index contributed by atoms with van der Waals surface area (Å²) in [5, 5.41) is 11.8. The smallest absolute Gasteiger partial charge is 0.267 e. The van der Waals surface area contributed by atoms with Gasteiger partial charge in [-0.05, 0) is 17.7 Å². The molecular weight excluding hydrogens is 398 g/mol. The number of rotatable bonds is 6. The van der Waals surface area contributed by atoms with Crippen LogP contribution in [0.25, 0.3) is 6.08 Å². The van der Waals surface area contributed by atoms with Gasteiger partial charge in [0.1, 0.15) is 10.4 Å². The maximum absolute atomic E-state index is 13.0. The van der Waals surface area contributed by atoms with E-state index in [2.05, 4.69) is 0 Å². The van der Waals surface area contributed by atoms with E-state index in [-0.39, 0.29) is 4.32 Å². The predicted octanol–water partition coefficient (Wildman–Crippen LogP) is 2.40. The third-order valence-corrected chi connectivity index (χ3v) is 5.47. The lowest BCUT2D eigenvalue weighted by Crippen LogP contribution is -2.43. The molecule has 1 aliphatic rings. The van der Waals surface area contributed by atoms with Gasteiger partial charge in [0.15, 0.2) is 11.5 Å². The Morgan fingerprint density at radius 2 is 1.86 bits per heavy atom. The highest BCUT2D eigenvalue weighted by molar-refractivity contribution is 8.26. The number of carbonyl (C=O) groups excluding carboxylic acids is 2. The number of aliphatic carboxylic acids is 1. The predicted molar refractivity (Wildman–Crippen MR) is 109 cm³/mol. The van der Waals surface area contributed by atoms with Crippen molar-refractivity contribution in [2.24, 2.45) is 0 Å². The lowest BCUT2D eigenvalue weighted by molar-refractivity contribution is -0.310. The second kappa shape index (κ2) is 8.45. The summed E-state index contributed by atoms with van der Waals surface area (Å²) >= 11 is 6.33. The minimum atomic E-state index is -1.40. The van der Waals surface area contributed by atoms with Crippen molar-refractivity contribution in [2.45, 2.75) is 6.04 Å². The monoisotopic (exact) mass is 414 g/mol. The number of thiocarbonyl (C=S) groups is 1. The van der Waals surface area contributed by atoms with Crippen LogP contribution in [-0.2, 0) is 9.59 Å². The van der Waals surface area contributed by atoms with E-state index in [0.29, 0.717) is 27.5 Å². The van der Waals surface area contributed by atoms with Crippen molar-refractivity contribution in [1.82, 2.24) is 4.90 Å². The van der Waals surface area contributed by atoms with Crippen molar-refractivity contribution in [2.75, 3.05) is 14.2 Å². The molecule has 1 saturated heterocycles. The molecule has 144 valence electrons. The molecule has 1 aliphatic heterocycles. The SMILES string of the molecule is COc1cccc(/C=C2/SC(=S)N([C@H](C(=O)[O-])c3ccccc3)C2=O)c1OC. The molecule has 0 N–H and O–H groups in total. The molecule has 0 aliphatic carbocycles. The normalized spacial score (nSPS) is 16.4. The summed E-state index contributed by atoms with van der Waals surface area (Å²) in [4.78, 5) is 26.1. The molecule has 1 fully saturated rings. The first kappa shape index (κ1) is 19.9. The van der Waals surface area contributed by atoms with Crippen molar-refractivity contribution in [3.63, 3.8) is 0 Å². The summed E-state index contributed by atoms with van der Waals surface area (Å²) in [5.74, 6) is -0.918. The summed E-state index contributed by atoms with van der Waals surface area (Å²) in [5.41, 5.74) is 1.03. The number of carbonyl (C=O) groups is 2. The molecular formula is C20H16NO5S2-. The second-order valence-corrected chi connectivity index (χ2v) is 7.44. The second-order valence-electron chi connectivity index (χ2n) is 5.77. The van der Waals surface area contributed by atoms with E-state index in [4.69, 9.17) is 21.7 Å². The fourth-order valence-corrected chi connectivity index (χ4v) is 4.20. The Bertz CT molecular complexity index is 958. The molecule has 3 rings (SSSR count).